The Morgan fingerprint density at radius 2 is 1.86 bits per heavy atom. The van der Waals surface area contributed by atoms with E-state index in [1.54, 1.807) is 12.1 Å². The molecule has 3 rings (SSSR count). The van der Waals surface area contributed by atoms with Crippen LogP contribution in [0.25, 0.3) is 0 Å². The van der Waals surface area contributed by atoms with Crippen LogP contribution in [0.15, 0.2) is 48.5 Å². The third-order valence-electron chi connectivity index (χ3n) is 4.25. The summed E-state index contributed by atoms with van der Waals surface area (Å²) in [7, 11) is 0. The van der Waals surface area contributed by atoms with E-state index < -0.39 is 34.7 Å². The Kier molecular flexibility index (Phi) is 4.99. The highest BCUT2D eigenvalue weighted by atomic mass is 16.6. The van der Waals surface area contributed by atoms with Gasteiger partial charge in [0.1, 0.15) is 0 Å². The number of cyclic esters (lactones) is 1. The van der Waals surface area contributed by atoms with Gasteiger partial charge in [-0.15, -0.1) is 0 Å². The third-order valence-corrected chi connectivity index (χ3v) is 4.25. The quantitative estimate of drug-likeness (QED) is 0.265. The summed E-state index contributed by atoms with van der Waals surface area (Å²) in [5.41, 5.74) is 0.724. The summed E-state index contributed by atoms with van der Waals surface area (Å²) in [6.45, 7) is 1.33. The van der Waals surface area contributed by atoms with Crippen LogP contribution in [0.1, 0.15) is 39.3 Å². The third kappa shape index (κ3) is 3.50. The molecule has 0 radical (unpaired) electrons. The van der Waals surface area contributed by atoms with Crippen LogP contribution in [0.3, 0.4) is 0 Å². The zero-order valence-electron chi connectivity index (χ0n) is 14.6. The van der Waals surface area contributed by atoms with Gasteiger partial charge in [-0.05, 0) is 25.1 Å². The van der Waals surface area contributed by atoms with Crippen molar-refractivity contribution in [1.82, 2.24) is 0 Å². The molecule has 1 aliphatic heterocycles. The number of carbonyl (C=O) groups is 4. The summed E-state index contributed by atoms with van der Waals surface area (Å²) >= 11 is 0. The maximum atomic E-state index is 12.5. The molecule has 2 atom stereocenters. The molecule has 0 spiro atoms. The molecule has 0 saturated carbocycles. The zero-order chi connectivity index (χ0) is 20.4. The second kappa shape index (κ2) is 7.39. The molecule has 1 amide bonds. The van der Waals surface area contributed by atoms with Gasteiger partial charge >= 0.3 is 12.0 Å². The molecule has 142 valence electrons. The van der Waals surface area contributed by atoms with Crippen LogP contribution in [0.2, 0.25) is 0 Å². The number of hydrogen-bond donors (Lipinski definition) is 1. The molecule has 9 nitrogen and oxygen atoms in total. The van der Waals surface area contributed by atoms with Gasteiger partial charge in [-0.25, -0.2) is 4.79 Å². The Morgan fingerprint density at radius 1 is 1.14 bits per heavy atom. The number of carbonyl (C=O) groups excluding carboxylic acids is 4. The summed E-state index contributed by atoms with van der Waals surface area (Å²) in [5.74, 6) is -3.66. The van der Waals surface area contributed by atoms with E-state index in [2.05, 4.69) is 5.32 Å². The number of ketones is 2. The lowest BCUT2D eigenvalue weighted by molar-refractivity contribution is -0.518. The van der Waals surface area contributed by atoms with Crippen LogP contribution in [0, 0.1) is 10.1 Å². The number of amides is 1. The number of ether oxygens (including phenoxy) is 1. The number of Topliss-reactive ketones (excluding diaryl/α,β-unsaturated/α-hetero) is 2. The Morgan fingerprint density at radius 3 is 2.54 bits per heavy atom. The summed E-state index contributed by atoms with van der Waals surface area (Å²) in [5, 5.41) is 13.8. The fourth-order valence-corrected chi connectivity index (χ4v) is 2.89. The standard InChI is InChI=1S/C19H14N2O7/c1-10(22)11-5-4-6-12(9-11)20-18(24)16(23)15(21(26)27)17-13-7-2-3-8-14(13)19(25)28-17/h2-9,15,17H,1H3,(H,20,24)/t15-,17-/m1/s1. The highest BCUT2D eigenvalue weighted by molar-refractivity contribution is 6.42. The van der Waals surface area contributed by atoms with Gasteiger partial charge in [0, 0.05) is 21.7 Å². The van der Waals surface area contributed by atoms with Crippen molar-refractivity contribution >= 4 is 29.1 Å². The first-order valence-electron chi connectivity index (χ1n) is 8.19. The SMILES string of the molecule is CC(=O)c1cccc(NC(=O)C(=O)[C@H]([C@@H]2OC(=O)c3ccccc32)[N+](=O)[O-])c1. The Labute approximate surface area is 158 Å². The van der Waals surface area contributed by atoms with Gasteiger partial charge in [-0.3, -0.25) is 24.5 Å². The molecule has 1 N–H and O–H groups in total. The van der Waals surface area contributed by atoms with E-state index in [9.17, 15) is 29.3 Å². The van der Waals surface area contributed by atoms with E-state index in [4.69, 9.17) is 4.74 Å². The van der Waals surface area contributed by atoms with Crippen LogP contribution >= 0.6 is 0 Å². The summed E-state index contributed by atoms with van der Waals surface area (Å²) in [4.78, 5) is 58.7. The van der Waals surface area contributed by atoms with Crippen molar-refractivity contribution in [2.75, 3.05) is 5.32 Å². The van der Waals surface area contributed by atoms with Gasteiger partial charge in [-0.2, -0.15) is 0 Å². The maximum absolute atomic E-state index is 12.5. The lowest BCUT2D eigenvalue weighted by Gasteiger charge is -2.15. The van der Waals surface area contributed by atoms with Crippen molar-refractivity contribution < 1.29 is 28.8 Å². The van der Waals surface area contributed by atoms with Crippen molar-refractivity contribution in [2.45, 2.75) is 19.1 Å². The number of benzene rings is 2. The molecule has 0 bridgehead atoms. The number of anilines is 1. The number of rotatable bonds is 6. The Bertz CT molecular complexity index is 1010. The predicted octanol–water partition coefficient (Wildman–Crippen LogP) is 1.95. The van der Waals surface area contributed by atoms with Gasteiger partial charge in [-0.1, -0.05) is 30.3 Å². The van der Waals surface area contributed by atoms with E-state index >= 15 is 0 Å². The Balaban J connectivity index is 1.85. The second-order valence-electron chi connectivity index (χ2n) is 6.10. The van der Waals surface area contributed by atoms with Crippen LogP contribution in [-0.4, -0.2) is 34.4 Å². The zero-order valence-corrected chi connectivity index (χ0v) is 14.6. The molecule has 2 aromatic rings. The molecule has 9 heteroatoms. The molecular weight excluding hydrogens is 368 g/mol. The fraction of sp³-hybridized carbons (Fsp3) is 0.158. The van der Waals surface area contributed by atoms with Crippen molar-refractivity contribution in [3.05, 3.63) is 75.3 Å². The average molecular weight is 382 g/mol. The minimum atomic E-state index is -2.09. The van der Waals surface area contributed by atoms with E-state index in [0.717, 1.165) is 0 Å². The molecule has 0 aliphatic carbocycles. The number of hydrogen-bond acceptors (Lipinski definition) is 7. The molecule has 0 fully saturated rings. The number of nitrogens with zero attached hydrogens (tertiary/aromatic N) is 1. The topological polar surface area (TPSA) is 133 Å². The highest BCUT2D eigenvalue weighted by Gasteiger charge is 2.49. The molecular formula is C19H14N2O7. The first kappa shape index (κ1) is 18.9. The molecule has 0 saturated heterocycles. The van der Waals surface area contributed by atoms with Crippen LogP contribution in [0.4, 0.5) is 5.69 Å². The number of fused-ring (bicyclic) bond motifs is 1. The average Bonchev–Trinajstić information content (AvgIpc) is 2.98. The van der Waals surface area contributed by atoms with Crippen LogP contribution in [-0.2, 0) is 14.3 Å². The smallest absolute Gasteiger partial charge is 0.339 e. The summed E-state index contributed by atoms with van der Waals surface area (Å²) in [6.07, 6.45) is -1.50. The monoisotopic (exact) mass is 382 g/mol. The summed E-state index contributed by atoms with van der Waals surface area (Å²) in [6, 6.07) is 9.66. The van der Waals surface area contributed by atoms with Crippen molar-refractivity contribution in [2.24, 2.45) is 0 Å². The highest BCUT2D eigenvalue weighted by Crippen LogP contribution is 2.34. The van der Waals surface area contributed by atoms with E-state index in [1.165, 1.54) is 43.3 Å². The lowest BCUT2D eigenvalue weighted by Crippen LogP contribution is -2.42. The molecule has 28 heavy (non-hydrogen) atoms. The van der Waals surface area contributed by atoms with Crippen LogP contribution in [0.5, 0.6) is 0 Å². The van der Waals surface area contributed by atoms with Gasteiger partial charge in [0.25, 0.3) is 11.7 Å². The van der Waals surface area contributed by atoms with Gasteiger partial charge < -0.3 is 10.1 Å². The van der Waals surface area contributed by atoms with Crippen molar-refractivity contribution in [3.63, 3.8) is 0 Å². The fourth-order valence-electron chi connectivity index (χ4n) is 2.89. The summed E-state index contributed by atoms with van der Waals surface area (Å²) < 4.78 is 5.00. The number of esters is 1. The van der Waals surface area contributed by atoms with Crippen LogP contribution < -0.4 is 5.32 Å². The first-order valence-corrected chi connectivity index (χ1v) is 8.19. The number of nitro groups is 1. The minimum absolute atomic E-state index is 0.113. The van der Waals surface area contributed by atoms with Crippen molar-refractivity contribution in [3.8, 4) is 0 Å². The largest absolute Gasteiger partial charge is 0.446 e. The molecule has 1 heterocycles. The predicted molar refractivity (Wildman–Crippen MR) is 95.5 cm³/mol. The van der Waals surface area contributed by atoms with E-state index in [-0.39, 0.29) is 22.6 Å². The lowest BCUT2D eigenvalue weighted by atomic mass is 9.97. The van der Waals surface area contributed by atoms with E-state index in [1.807, 2.05) is 0 Å². The maximum Gasteiger partial charge on any atom is 0.339 e. The molecule has 2 aromatic carbocycles. The molecule has 0 aromatic heterocycles. The second-order valence-corrected chi connectivity index (χ2v) is 6.10. The Hall–Kier alpha value is -3.88. The normalized spacial score (nSPS) is 15.9. The minimum Gasteiger partial charge on any atom is -0.446 e. The molecule has 0 unspecified atom stereocenters. The number of nitrogens with one attached hydrogen (secondary N) is 1. The van der Waals surface area contributed by atoms with E-state index in [0.29, 0.717) is 5.56 Å². The van der Waals surface area contributed by atoms with Gasteiger partial charge in [0.2, 0.25) is 6.10 Å². The first-order chi connectivity index (χ1) is 13.3. The van der Waals surface area contributed by atoms with Gasteiger partial charge in [0.05, 0.1) is 5.56 Å². The van der Waals surface area contributed by atoms with Gasteiger partial charge in [0.15, 0.2) is 5.78 Å². The molecule has 1 aliphatic rings. The van der Waals surface area contributed by atoms with Crippen molar-refractivity contribution in [1.29, 1.82) is 0 Å².